The molecule has 1 aromatic heterocycles. The van der Waals surface area contributed by atoms with Crippen LogP contribution in [0.25, 0.3) is 11.3 Å². The lowest BCUT2D eigenvalue weighted by atomic mass is 9.94. The van der Waals surface area contributed by atoms with E-state index >= 15 is 0 Å². The summed E-state index contributed by atoms with van der Waals surface area (Å²) in [6.45, 7) is 6.27. The second-order valence-corrected chi connectivity index (χ2v) is 9.01. The van der Waals surface area contributed by atoms with Gasteiger partial charge in [-0.25, -0.2) is 4.98 Å². The number of amides is 1. The number of ether oxygens (including phenoxy) is 2. The maximum absolute atomic E-state index is 13.4. The van der Waals surface area contributed by atoms with Crippen LogP contribution in [0.2, 0.25) is 0 Å². The van der Waals surface area contributed by atoms with E-state index in [-0.39, 0.29) is 17.4 Å². The molecule has 33 heavy (non-hydrogen) atoms. The van der Waals surface area contributed by atoms with Crippen molar-refractivity contribution in [3.8, 4) is 22.8 Å². The molecule has 1 saturated carbocycles. The van der Waals surface area contributed by atoms with E-state index in [1.54, 1.807) is 12.1 Å². The number of hydrogen-bond donors (Lipinski definition) is 1. The molecule has 1 fully saturated rings. The van der Waals surface area contributed by atoms with Gasteiger partial charge in [-0.15, -0.1) is 8.78 Å². The fraction of sp³-hybridized carbons (Fsp3) is 0.308. The number of halogens is 2. The lowest BCUT2D eigenvalue weighted by molar-refractivity contribution is -0.286. The molecule has 170 valence electrons. The number of aromatic nitrogens is 1. The highest BCUT2D eigenvalue weighted by Gasteiger charge is 2.53. The zero-order valence-electron chi connectivity index (χ0n) is 18.6. The summed E-state index contributed by atoms with van der Waals surface area (Å²) in [5.74, 6) is 0.538. The first kappa shape index (κ1) is 21.4. The second-order valence-electron chi connectivity index (χ2n) is 9.01. The first-order chi connectivity index (χ1) is 15.7. The Kier molecular flexibility index (Phi) is 4.88. The molecule has 7 heteroatoms. The van der Waals surface area contributed by atoms with Crippen LogP contribution < -0.4 is 14.8 Å². The van der Waals surface area contributed by atoms with Gasteiger partial charge in [0.1, 0.15) is 5.82 Å². The van der Waals surface area contributed by atoms with Crippen LogP contribution in [-0.4, -0.2) is 17.2 Å². The van der Waals surface area contributed by atoms with Crippen molar-refractivity contribution in [2.75, 3.05) is 5.32 Å². The molecule has 0 spiro atoms. The van der Waals surface area contributed by atoms with Gasteiger partial charge in [0.2, 0.25) is 5.91 Å². The molecule has 0 atom stereocenters. The molecule has 0 radical (unpaired) electrons. The van der Waals surface area contributed by atoms with Crippen molar-refractivity contribution >= 4 is 11.7 Å². The third kappa shape index (κ3) is 3.92. The molecule has 5 nitrogen and oxygen atoms in total. The summed E-state index contributed by atoms with van der Waals surface area (Å²) < 4.78 is 35.8. The Balaban J connectivity index is 1.40. The predicted octanol–water partition coefficient (Wildman–Crippen LogP) is 6.17. The molecule has 1 amide bonds. The van der Waals surface area contributed by atoms with Gasteiger partial charge in [0.15, 0.2) is 11.5 Å². The number of benzene rings is 2. The van der Waals surface area contributed by atoms with Crippen LogP contribution in [0.1, 0.15) is 49.3 Å². The quantitative estimate of drug-likeness (QED) is 0.505. The Morgan fingerprint density at radius 2 is 1.79 bits per heavy atom. The van der Waals surface area contributed by atoms with Gasteiger partial charge < -0.3 is 14.8 Å². The molecule has 2 aromatic carbocycles. The molecule has 2 heterocycles. The number of carbonyl (C=O) groups excluding carboxylic acids is 1. The summed E-state index contributed by atoms with van der Waals surface area (Å²) in [5, 5.41) is 2.93. The van der Waals surface area contributed by atoms with Crippen molar-refractivity contribution in [1.82, 2.24) is 4.98 Å². The minimum atomic E-state index is -3.69. The Morgan fingerprint density at radius 1 is 1.03 bits per heavy atom. The summed E-state index contributed by atoms with van der Waals surface area (Å²) in [4.78, 5) is 17.9. The molecule has 0 unspecified atom stereocenters. The van der Waals surface area contributed by atoms with E-state index in [1.807, 2.05) is 25.1 Å². The molecule has 1 N–H and O–H groups in total. The Bertz CT molecular complexity index is 1250. The molecular formula is C26H24F2N2O3. The highest BCUT2D eigenvalue weighted by atomic mass is 19.3. The standard InChI is InChI=1S/C26H24F2N2O3/c1-15(2)17-5-4-6-18(13-17)23-16(3)7-10-22(29-23)30-24(31)25(11-12-25)19-8-9-20-21(14-19)33-26(27,28)32-20/h4-10,13-15H,11-12H2,1-3H3,(H,29,30,31). The summed E-state index contributed by atoms with van der Waals surface area (Å²) >= 11 is 0. The molecule has 3 aromatic rings. The van der Waals surface area contributed by atoms with Crippen LogP contribution in [0.3, 0.4) is 0 Å². The Hall–Kier alpha value is -3.48. The smallest absolute Gasteiger partial charge is 0.395 e. The first-order valence-corrected chi connectivity index (χ1v) is 11.0. The number of aryl methyl sites for hydroxylation is 1. The van der Waals surface area contributed by atoms with E-state index in [0.717, 1.165) is 16.8 Å². The third-order valence-electron chi connectivity index (χ3n) is 6.30. The fourth-order valence-electron chi connectivity index (χ4n) is 4.19. The van der Waals surface area contributed by atoms with Gasteiger partial charge in [0, 0.05) is 5.56 Å². The minimum absolute atomic E-state index is 0.0339. The summed E-state index contributed by atoms with van der Waals surface area (Å²) in [6.07, 6.45) is -2.46. The average Bonchev–Trinajstić information content (AvgIpc) is 3.52. The van der Waals surface area contributed by atoms with Crippen LogP contribution in [0, 0.1) is 6.92 Å². The van der Waals surface area contributed by atoms with Gasteiger partial charge in [-0.3, -0.25) is 4.79 Å². The van der Waals surface area contributed by atoms with Gasteiger partial charge in [-0.1, -0.05) is 44.2 Å². The summed E-state index contributed by atoms with van der Waals surface area (Å²) in [6, 6.07) is 16.5. The maximum atomic E-state index is 13.4. The molecule has 0 saturated heterocycles. The van der Waals surface area contributed by atoms with Gasteiger partial charge in [0.05, 0.1) is 11.1 Å². The number of alkyl halides is 2. The largest absolute Gasteiger partial charge is 0.586 e. The number of nitrogens with zero attached hydrogens (tertiary/aromatic N) is 1. The third-order valence-corrected chi connectivity index (χ3v) is 6.30. The molecule has 2 aliphatic rings. The van der Waals surface area contributed by atoms with Gasteiger partial charge in [-0.2, -0.15) is 0 Å². The first-order valence-electron chi connectivity index (χ1n) is 11.0. The lowest BCUT2D eigenvalue weighted by Crippen LogP contribution is -2.28. The minimum Gasteiger partial charge on any atom is -0.395 e. The van der Waals surface area contributed by atoms with Crippen molar-refractivity contribution in [1.29, 1.82) is 0 Å². The Labute approximate surface area is 190 Å². The van der Waals surface area contributed by atoms with Crippen LogP contribution in [-0.2, 0) is 10.2 Å². The van der Waals surface area contributed by atoms with Crippen LogP contribution in [0.4, 0.5) is 14.6 Å². The van der Waals surface area contributed by atoms with Crippen molar-refractivity contribution in [2.45, 2.75) is 51.2 Å². The van der Waals surface area contributed by atoms with Crippen LogP contribution >= 0.6 is 0 Å². The van der Waals surface area contributed by atoms with Crippen molar-refractivity contribution in [3.63, 3.8) is 0 Å². The van der Waals surface area contributed by atoms with Crippen LogP contribution in [0.15, 0.2) is 54.6 Å². The molecule has 0 bridgehead atoms. The Morgan fingerprint density at radius 3 is 2.52 bits per heavy atom. The lowest BCUT2D eigenvalue weighted by Gasteiger charge is -2.17. The second kappa shape index (κ2) is 7.54. The van der Waals surface area contributed by atoms with Crippen molar-refractivity contribution < 1.29 is 23.0 Å². The highest BCUT2D eigenvalue weighted by molar-refractivity contribution is 6.01. The number of rotatable bonds is 5. The van der Waals surface area contributed by atoms with E-state index in [2.05, 4.69) is 40.8 Å². The fourth-order valence-corrected chi connectivity index (χ4v) is 4.19. The van der Waals surface area contributed by atoms with Crippen molar-refractivity contribution in [3.05, 3.63) is 71.3 Å². The van der Waals surface area contributed by atoms with E-state index in [1.165, 1.54) is 17.7 Å². The van der Waals surface area contributed by atoms with Crippen LogP contribution in [0.5, 0.6) is 11.5 Å². The van der Waals surface area contributed by atoms with E-state index in [0.29, 0.717) is 30.1 Å². The van der Waals surface area contributed by atoms with Gasteiger partial charge in [0.25, 0.3) is 0 Å². The van der Waals surface area contributed by atoms with Gasteiger partial charge >= 0.3 is 6.29 Å². The number of carbonyl (C=O) groups is 1. The van der Waals surface area contributed by atoms with Gasteiger partial charge in [-0.05, 0) is 66.6 Å². The molecular weight excluding hydrogens is 426 g/mol. The SMILES string of the molecule is Cc1ccc(NC(=O)C2(c3ccc4c(c3)OC(F)(F)O4)CC2)nc1-c1cccc(C(C)C)c1. The normalized spacial score (nSPS) is 17.2. The number of pyridine rings is 1. The molecule has 5 rings (SSSR count). The monoisotopic (exact) mass is 450 g/mol. The number of fused-ring (bicyclic) bond motifs is 1. The molecule has 1 aliphatic carbocycles. The average molecular weight is 450 g/mol. The highest BCUT2D eigenvalue weighted by Crippen LogP contribution is 2.52. The predicted molar refractivity (Wildman–Crippen MR) is 121 cm³/mol. The van der Waals surface area contributed by atoms with E-state index < -0.39 is 11.7 Å². The molecule has 1 aliphatic heterocycles. The summed E-state index contributed by atoms with van der Waals surface area (Å²) in [5.41, 5.74) is 3.86. The number of anilines is 1. The number of nitrogens with one attached hydrogen (secondary N) is 1. The zero-order chi connectivity index (χ0) is 23.4. The van der Waals surface area contributed by atoms with E-state index in [9.17, 15) is 13.6 Å². The van der Waals surface area contributed by atoms with E-state index in [4.69, 9.17) is 4.98 Å². The summed E-state index contributed by atoms with van der Waals surface area (Å²) in [7, 11) is 0. The topological polar surface area (TPSA) is 60.5 Å². The maximum Gasteiger partial charge on any atom is 0.586 e. The van der Waals surface area contributed by atoms with Crippen molar-refractivity contribution in [2.24, 2.45) is 0 Å². The number of hydrogen-bond acceptors (Lipinski definition) is 4. The zero-order valence-corrected chi connectivity index (χ0v) is 18.6.